The monoisotopic (exact) mass is 380 g/mol. The maximum Gasteiger partial charge on any atom is 0.139 e. The number of nitrogens with zero attached hydrogens (tertiary/aromatic N) is 2. The summed E-state index contributed by atoms with van der Waals surface area (Å²) in [5.41, 5.74) is 2.89. The number of hydrogen-bond acceptors (Lipinski definition) is 2. The van der Waals surface area contributed by atoms with E-state index in [0.29, 0.717) is 18.4 Å². The molecule has 0 atom stereocenters. The maximum atomic E-state index is 13.3. The van der Waals surface area contributed by atoms with Crippen LogP contribution in [0.25, 0.3) is 10.9 Å². The van der Waals surface area contributed by atoms with E-state index < -0.39 is 11.6 Å². The summed E-state index contributed by atoms with van der Waals surface area (Å²) in [4.78, 5) is 12.7. The van der Waals surface area contributed by atoms with E-state index in [-0.39, 0.29) is 16.6 Å². The van der Waals surface area contributed by atoms with Crippen LogP contribution in [-0.4, -0.2) is 15.6 Å². The van der Waals surface area contributed by atoms with Crippen LogP contribution >= 0.6 is 0 Å². The first kappa shape index (κ1) is 17.5. The third kappa shape index (κ3) is 2.76. The van der Waals surface area contributed by atoms with Gasteiger partial charge in [-0.3, -0.25) is 9.48 Å². The van der Waals surface area contributed by atoms with Gasteiger partial charge < -0.3 is 0 Å². The number of Topliss-reactive ketones (excluding diaryl/α,β-unsaturated/α-hetero) is 1. The predicted octanol–water partition coefficient (Wildman–Crippen LogP) is 5.00. The van der Waals surface area contributed by atoms with Crippen LogP contribution < -0.4 is 0 Å². The molecular weight excluding hydrogens is 358 g/mol. The molecule has 3 saturated carbocycles. The molecule has 5 heteroatoms. The highest BCUT2D eigenvalue weighted by molar-refractivity contribution is 5.88. The molecule has 28 heavy (non-hydrogen) atoms. The highest BCUT2D eigenvalue weighted by Crippen LogP contribution is 2.74. The number of ketones is 1. The third-order valence-electron chi connectivity index (χ3n) is 6.58. The van der Waals surface area contributed by atoms with Crippen molar-refractivity contribution in [2.75, 3.05) is 0 Å². The average Bonchev–Trinajstić information content (AvgIpc) is 2.95. The molecule has 3 aliphatic carbocycles. The molecule has 144 valence electrons. The molecule has 0 N–H and O–H groups in total. The summed E-state index contributed by atoms with van der Waals surface area (Å²) in [5, 5.41) is 5.70. The van der Waals surface area contributed by atoms with Gasteiger partial charge in [-0.2, -0.15) is 5.10 Å². The molecule has 3 aromatic rings. The Morgan fingerprint density at radius 1 is 1.11 bits per heavy atom. The molecular formula is C23H22F2N2O. The molecule has 2 bridgehead atoms. The summed E-state index contributed by atoms with van der Waals surface area (Å²) in [5.74, 6) is -0.942. The Labute approximate surface area is 162 Å². The third-order valence-corrected chi connectivity index (χ3v) is 6.58. The topological polar surface area (TPSA) is 34.9 Å². The largest absolute Gasteiger partial charge is 0.299 e. The molecule has 2 aromatic carbocycles. The van der Waals surface area contributed by atoms with Gasteiger partial charge in [-0.15, -0.1) is 0 Å². The summed E-state index contributed by atoms with van der Waals surface area (Å²) in [6.07, 6.45) is 5.37. The zero-order valence-corrected chi connectivity index (χ0v) is 15.8. The number of aryl methyl sites for hydroxylation is 2. The van der Waals surface area contributed by atoms with E-state index in [2.05, 4.69) is 34.9 Å². The van der Waals surface area contributed by atoms with Crippen LogP contribution in [0.3, 0.4) is 0 Å². The summed E-state index contributed by atoms with van der Waals surface area (Å²) < 4.78 is 28.7. The number of aromatic nitrogens is 2. The van der Waals surface area contributed by atoms with Crippen LogP contribution in [0.2, 0.25) is 0 Å². The van der Waals surface area contributed by atoms with E-state index in [1.165, 1.54) is 17.7 Å². The van der Waals surface area contributed by atoms with Crippen molar-refractivity contribution >= 4 is 16.7 Å². The van der Waals surface area contributed by atoms with Gasteiger partial charge in [0.25, 0.3) is 0 Å². The minimum atomic E-state index is -0.589. The number of halogens is 2. The molecule has 1 aromatic heterocycles. The van der Waals surface area contributed by atoms with Gasteiger partial charge >= 0.3 is 0 Å². The minimum Gasteiger partial charge on any atom is -0.299 e. The van der Waals surface area contributed by atoms with E-state index in [4.69, 9.17) is 0 Å². The fourth-order valence-electron chi connectivity index (χ4n) is 5.39. The summed E-state index contributed by atoms with van der Waals surface area (Å²) in [6, 6.07) is 9.83. The smallest absolute Gasteiger partial charge is 0.139 e. The number of rotatable bonds is 6. The van der Waals surface area contributed by atoms with Gasteiger partial charge in [0.1, 0.15) is 17.4 Å². The standard InChI is InChI=1S/C23H22F2N2O/c1-15-2-4-20-17(6-15)10-26-27(20)14-22-11-23(12-22,13-22)21(28)5-3-16-7-18(24)9-19(25)8-16/h2,4,6-10H,3,5,11-14H2,1H3. The van der Waals surface area contributed by atoms with E-state index in [1.54, 1.807) is 0 Å². The van der Waals surface area contributed by atoms with Crippen LogP contribution in [0.4, 0.5) is 8.78 Å². The Morgan fingerprint density at radius 3 is 2.54 bits per heavy atom. The van der Waals surface area contributed by atoms with Crippen LogP contribution in [0.5, 0.6) is 0 Å². The molecule has 1 heterocycles. The van der Waals surface area contributed by atoms with Gasteiger partial charge in [-0.05, 0) is 67.9 Å². The van der Waals surface area contributed by atoms with Crippen LogP contribution in [-0.2, 0) is 17.8 Å². The molecule has 3 aliphatic rings. The summed E-state index contributed by atoms with van der Waals surface area (Å²) in [6.45, 7) is 2.93. The highest BCUT2D eigenvalue weighted by Gasteiger charge is 2.70. The Morgan fingerprint density at radius 2 is 1.82 bits per heavy atom. The lowest BCUT2D eigenvalue weighted by Crippen LogP contribution is -2.66. The van der Waals surface area contributed by atoms with Crippen molar-refractivity contribution in [3.05, 3.63) is 65.4 Å². The van der Waals surface area contributed by atoms with Gasteiger partial charge in [-0.1, -0.05) is 11.6 Å². The van der Waals surface area contributed by atoms with Gasteiger partial charge in [0.2, 0.25) is 0 Å². The number of fused-ring (bicyclic) bond motifs is 1. The van der Waals surface area contributed by atoms with Crippen molar-refractivity contribution in [1.29, 1.82) is 0 Å². The Kier molecular flexibility index (Phi) is 3.74. The fourth-order valence-corrected chi connectivity index (χ4v) is 5.39. The van der Waals surface area contributed by atoms with E-state index >= 15 is 0 Å². The van der Waals surface area contributed by atoms with E-state index in [1.807, 2.05) is 6.20 Å². The number of hydrogen-bond donors (Lipinski definition) is 0. The quantitative estimate of drug-likeness (QED) is 0.603. The molecule has 3 fully saturated rings. The second-order valence-electron chi connectivity index (χ2n) is 8.88. The van der Waals surface area contributed by atoms with Gasteiger partial charge in [0.05, 0.1) is 11.7 Å². The lowest BCUT2D eigenvalue weighted by molar-refractivity contribution is -0.211. The molecule has 0 spiro atoms. The van der Waals surface area contributed by atoms with Crippen molar-refractivity contribution in [2.24, 2.45) is 10.8 Å². The van der Waals surface area contributed by atoms with Crippen molar-refractivity contribution in [3.63, 3.8) is 0 Å². The molecule has 0 radical (unpaired) electrons. The zero-order valence-electron chi connectivity index (χ0n) is 15.8. The second kappa shape index (κ2) is 5.97. The highest BCUT2D eigenvalue weighted by atomic mass is 19.1. The van der Waals surface area contributed by atoms with Crippen LogP contribution in [0.1, 0.15) is 36.8 Å². The van der Waals surface area contributed by atoms with Gasteiger partial charge in [0.15, 0.2) is 0 Å². The predicted molar refractivity (Wildman–Crippen MR) is 103 cm³/mol. The minimum absolute atomic E-state index is 0.185. The van der Waals surface area contributed by atoms with Gasteiger partial charge in [0, 0.05) is 29.8 Å². The second-order valence-corrected chi connectivity index (χ2v) is 8.88. The zero-order chi connectivity index (χ0) is 19.5. The molecule has 0 saturated heterocycles. The molecule has 6 rings (SSSR count). The number of benzene rings is 2. The first-order valence-electron chi connectivity index (χ1n) is 9.77. The van der Waals surface area contributed by atoms with Gasteiger partial charge in [-0.25, -0.2) is 8.78 Å². The lowest BCUT2D eigenvalue weighted by Gasteiger charge is -2.69. The Bertz CT molecular complexity index is 1060. The SMILES string of the molecule is Cc1ccc2c(cnn2CC23CC(C(=O)CCc4cc(F)cc(F)c4)(C2)C3)c1. The average molecular weight is 380 g/mol. The normalized spacial score (nSPS) is 25.4. The maximum absolute atomic E-state index is 13.3. The fraction of sp³-hybridized carbons (Fsp3) is 0.391. The molecule has 0 aliphatic heterocycles. The van der Waals surface area contributed by atoms with Crippen molar-refractivity contribution in [2.45, 2.75) is 45.6 Å². The first-order valence-corrected chi connectivity index (χ1v) is 9.77. The van der Waals surface area contributed by atoms with Crippen molar-refractivity contribution in [1.82, 2.24) is 9.78 Å². The Hall–Kier alpha value is -2.56. The van der Waals surface area contributed by atoms with E-state index in [9.17, 15) is 13.6 Å². The summed E-state index contributed by atoms with van der Waals surface area (Å²) in [7, 11) is 0. The van der Waals surface area contributed by atoms with Crippen LogP contribution in [0, 0.1) is 29.4 Å². The molecule has 3 nitrogen and oxygen atoms in total. The van der Waals surface area contributed by atoms with Crippen molar-refractivity contribution in [3.8, 4) is 0 Å². The van der Waals surface area contributed by atoms with Crippen LogP contribution in [0.15, 0.2) is 42.6 Å². The number of carbonyl (C=O) groups excluding carboxylic acids is 1. The van der Waals surface area contributed by atoms with E-state index in [0.717, 1.165) is 42.8 Å². The van der Waals surface area contributed by atoms with Crippen molar-refractivity contribution < 1.29 is 13.6 Å². The Balaban J connectivity index is 1.21. The first-order chi connectivity index (χ1) is 13.4. The number of carbonyl (C=O) groups is 1. The molecule has 0 unspecified atom stereocenters. The lowest BCUT2D eigenvalue weighted by atomic mass is 9.33. The molecule has 0 amide bonds. The summed E-state index contributed by atoms with van der Waals surface area (Å²) >= 11 is 0.